The van der Waals surface area contributed by atoms with Crippen molar-refractivity contribution in [2.45, 2.75) is 19.4 Å². The van der Waals surface area contributed by atoms with E-state index in [1.165, 1.54) is 0 Å². The predicted octanol–water partition coefficient (Wildman–Crippen LogP) is 1.64. The first-order chi connectivity index (χ1) is 12.1. The third-order valence-electron chi connectivity index (χ3n) is 4.01. The molecule has 130 valence electrons. The molecule has 0 bridgehead atoms. The fourth-order valence-corrected chi connectivity index (χ4v) is 2.78. The Morgan fingerprint density at radius 2 is 2.12 bits per heavy atom. The summed E-state index contributed by atoms with van der Waals surface area (Å²) in [6.45, 7) is 1.64. The molecule has 4 N–H and O–H groups in total. The molecule has 25 heavy (non-hydrogen) atoms. The van der Waals surface area contributed by atoms with Crippen LogP contribution in [-0.2, 0) is 6.42 Å². The van der Waals surface area contributed by atoms with E-state index >= 15 is 0 Å². The van der Waals surface area contributed by atoms with Crippen LogP contribution < -0.4 is 10.6 Å². The molecule has 1 amide bonds. The summed E-state index contributed by atoms with van der Waals surface area (Å²) in [5, 5.41) is 16.4. The van der Waals surface area contributed by atoms with Crippen molar-refractivity contribution >= 4 is 22.8 Å². The Bertz CT molecular complexity index is 890. The molecule has 0 aliphatic heterocycles. The highest BCUT2D eigenvalue weighted by Gasteiger charge is 2.17. The smallest absolute Gasteiger partial charge is 0.270 e. The number of nitrogens with one attached hydrogen (secondary N) is 3. The number of aryl methyl sites for hydroxylation is 1. The second-order valence-corrected chi connectivity index (χ2v) is 5.88. The minimum absolute atomic E-state index is 0.159. The molecule has 0 aliphatic carbocycles. The molecule has 2 aromatic heterocycles. The van der Waals surface area contributed by atoms with E-state index in [1.54, 1.807) is 20.0 Å². The Morgan fingerprint density at radius 3 is 2.88 bits per heavy atom. The molecule has 1 aromatic carbocycles. The van der Waals surface area contributed by atoms with E-state index in [2.05, 4.69) is 25.6 Å². The number of amides is 1. The van der Waals surface area contributed by atoms with Gasteiger partial charge in [0, 0.05) is 29.8 Å². The van der Waals surface area contributed by atoms with Crippen molar-refractivity contribution in [2.75, 3.05) is 19.0 Å². The van der Waals surface area contributed by atoms with Crippen molar-refractivity contribution in [1.82, 2.24) is 20.3 Å². The number of H-pyrrole nitrogens is 1. The van der Waals surface area contributed by atoms with Gasteiger partial charge in [-0.05, 0) is 31.0 Å². The largest absolute Gasteiger partial charge is 0.394 e. The summed E-state index contributed by atoms with van der Waals surface area (Å²) in [5.41, 5.74) is 3.05. The maximum Gasteiger partial charge on any atom is 0.270 e. The molecule has 0 radical (unpaired) electrons. The minimum atomic E-state index is -0.403. The highest BCUT2D eigenvalue weighted by molar-refractivity contribution is 5.93. The van der Waals surface area contributed by atoms with Crippen molar-refractivity contribution in [3.8, 4) is 0 Å². The SMILES string of the molecule is CNc1nc(C)cc(C(=O)NC(CO)Cc2c[nH]c3ccccc23)n1. The second kappa shape index (κ2) is 7.31. The van der Waals surface area contributed by atoms with E-state index in [9.17, 15) is 9.90 Å². The monoisotopic (exact) mass is 339 g/mol. The number of aliphatic hydroxyl groups is 1. The van der Waals surface area contributed by atoms with Gasteiger partial charge in [-0.1, -0.05) is 18.2 Å². The Hall–Kier alpha value is -2.93. The van der Waals surface area contributed by atoms with Gasteiger partial charge < -0.3 is 20.7 Å². The van der Waals surface area contributed by atoms with Gasteiger partial charge in [0.1, 0.15) is 5.69 Å². The van der Waals surface area contributed by atoms with Gasteiger partial charge in [-0.2, -0.15) is 0 Å². The predicted molar refractivity (Wildman–Crippen MR) is 96.7 cm³/mol. The van der Waals surface area contributed by atoms with Gasteiger partial charge in [0.2, 0.25) is 5.95 Å². The zero-order chi connectivity index (χ0) is 17.8. The Balaban J connectivity index is 1.76. The summed E-state index contributed by atoms with van der Waals surface area (Å²) < 4.78 is 0. The van der Waals surface area contributed by atoms with Crippen LogP contribution in [0.25, 0.3) is 10.9 Å². The average molecular weight is 339 g/mol. The maximum atomic E-state index is 12.5. The lowest BCUT2D eigenvalue weighted by Crippen LogP contribution is -2.39. The molecule has 0 fully saturated rings. The van der Waals surface area contributed by atoms with E-state index in [1.807, 2.05) is 30.5 Å². The standard InChI is InChI=1S/C18H21N5O2/c1-11-7-16(23-18(19-2)21-11)17(25)22-13(10-24)8-12-9-20-15-6-4-3-5-14(12)15/h3-7,9,13,20,24H,8,10H2,1-2H3,(H,22,25)(H,19,21,23). The number of nitrogens with zero attached hydrogens (tertiary/aromatic N) is 2. The molecule has 2 heterocycles. The summed E-state index contributed by atoms with van der Waals surface area (Å²) in [6, 6.07) is 9.16. The summed E-state index contributed by atoms with van der Waals surface area (Å²) in [5.74, 6) is 0.0585. The summed E-state index contributed by atoms with van der Waals surface area (Å²) in [7, 11) is 1.70. The molecular weight excluding hydrogens is 318 g/mol. The Kier molecular flexibility index (Phi) is 4.95. The number of aliphatic hydroxyl groups excluding tert-OH is 1. The van der Waals surface area contributed by atoms with Crippen LogP contribution in [0.15, 0.2) is 36.5 Å². The first kappa shape index (κ1) is 16.9. The van der Waals surface area contributed by atoms with Crippen LogP contribution in [0.5, 0.6) is 0 Å². The molecule has 7 nitrogen and oxygen atoms in total. The highest BCUT2D eigenvalue weighted by atomic mass is 16.3. The first-order valence-corrected chi connectivity index (χ1v) is 8.11. The van der Waals surface area contributed by atoms with Crippen LogP contribution in [0.4, 0.5) is 5.95 Å². The zero-order valence-corrected chi connectivity index (χ0v) is 14.2. The van der Waals surface area contributed by atoms with E-state index in [-0.39, 0.29) is 18.2 Å². The molecule has 1 unspecified atom stereocenters. The molecule has 0 aliphatic rings. The summed E-state index contributed by atoms with van der Waals surface area (Å²) in [4.78, 5) is 24.0. The van der Waals surface area contributed by atoms with E-state index in [0.29, 0.717) is 18.1 Å². The number of rotatable bonds is 6. The Morgan fingerprint density at radius 1 is 1.32 bits per heavy atom. The molecule has 3 aromatic rings. The van der Waals surface area contributed by atoms with Crippen molar-refractivity contribution < 1.29 is 9.90 Å². The zero-order valence-electron chi connectivity index (χ0n) is 14.2. The molecule has 0 spiro atoms. The van der Waals surface area contributed by atoms with Crippen LogP contribution in [0.2, 0.25) is 0 Å². The normalized spacial score (nSPS) is 12.1. The van der Waals surface area contributed by atoms with Crippen molar-refractivity contribution in [3.05, 3.63) is 53.5 Å². The minimum Gasteiger partial charge on any atom is -0.394 e. The fourth-order valence-electron chi connectivity index (χ4n) is 2.78. The quantitative estimate of drug-likeness (QED) is 0.547. The van der Waals surface area contributed by atoms with E-state index in [0.717, 1.165) is 16.5 Å². The van der Waals surface area contributed by atoms with Crippen LogP contribution >= 0.6 is 0 Å². The van der Waals surface area contributed by atoms with Gasteiger partial charge in [0.15, 0.2) is 0 Å². The van der Waals surface area contributed by atoms with Crippen molar-refractivity contribution in [1.29, 1.82) is 0 Å². The number of hydrogen-bond donors (Lipinski definition) is 4. The van der Waals surface area contributed by atoms with Gasteiger partial charge in [0.05, 0.1) is 12.6 Å². The average Bonchev–Trinajstić information content (AvgIpc) is 3.03. The highest BCUT2D eigenvalue weighted by Crippen LogP contribution is 2.19. The number of para-hydroxylation sites is 1. The van der Waals surface area contributed by atoms with Gasteiger partial charge in [-0.15, -0.1) is 0 Å². The lowest BCUT2D eigenvalue weighted by molar-refractivity contribution is 0.0911. The maximum absolute atomic E-state index is 12.5. The lowest BCUT2D eigenvalue weighted by Gasteiger charge is -2.16. The third kappa shape index (κ3) is 3.77. The van der Waals surface area contributed by atoms with Crippen LogP contribution in [-0.4, -0.2) is 45.7 Å². The van der Waals surface area contributed by atoms with Crippen LogP contribution in [0, 0.1) is 6.92 Å². The van der Waals surface area contributed by atoms with Crippen LogP contribution in [0.3, 0.4) is 0 Å². The number of carbonyl (C=O) groups excluding carboxylic acids is 1. The van der Waals surface area contributed by atoms with Crippen molar-refractivity contribution in [3.63, 3.8) is 0 Å². The van der Waals surface area contributed by atoms with Gasteiger partial charge in [-0.25, -0.2) is 9.97 Å². The molecule has 1 atom stereocenters. The van der Waals surface area contributed by atoms with Crippen molar-refractivity contribution in [2.24, 2.45) is 0 Å². The van der Waals surface area contributed by atoms with Crippen LogP contribution in [0.1, 0.15) is 21.7 Å². The Labute approximate surface area is 145 Å². The number of aromatic amines is 1. The first-order valence-electron chi connectivity index (χ1n) is 8.11. The second-order valence-electron chi connectivity index (χ2n) is 5.88. The number of anilines is 1. The molecule has 3 rings (SSSR count). The number of aromatic nitrogens is 3. The van der Waals surface area contributed by atoms with E-state index < -0.39 is 6.04 Å². The van der Waals surface area contributed by atoms with E-state index in [4.69, 9.17) is 0 Å². The third-order valence-corrected chi connectivity index (χ3v) is 4.01. The number of benzene rings is 1. The van der Waals surface area contributed by atoms with Gasteiger partial charge in [-0.3, -0.25) is 4.79 Å². The summed E-state index contributed by atoms with van der Waals surface area (Å²) >= 11 is 0. The number of carbonyl (C=O) groups is 1. The number of fused-ring (bicyclic) bond motifs is 1. The lowest BCUT2D eigenvalue weighted by atomic mass is 10.1. The summed E-state index contributed by atoms with van der Waals surface area (Å²) in [6.07, 6.45) is 2.43. The molecule has 7 heteroatoms. The van der Waals surface area contributed by atoms with Gasteiger partial charge in [0.25, 0.3) is 5.91 Å². The molecule has 0 saturated carbocycles. The fraction of sp³-hybridized carbons (Fsp3) is 0.278. The topological polar surface area (TPSA) is 103 Å². The number of hydrogen-bond acceptors (Lipinski definition) is 5. The molecular formula is C18H21N5O2. The van der Waals surface area contributed by atoms with Gasteiger partial charge >= 0.3 is 0 Å². The molecule has 0 saturated heterocycles.